The van der Waals surface area contributed by atoms with Crippen LogP contribution in [0, 0.1) is 5.92 Å². The zero-order valence-electron chi connectivity index (χ0n) is 10.1. The third-order valence-electron chi connectivity index (χ3n) is 3.20. The number of rotatable bonds is 3. The fraction of sp³-hybridized carbons (Fsp3) is 0.538. The maximum absolute atomic E-state index is 12.0. The maximum Gasteiger partial charge on any atom is 0.223 e. The van der Waals surface area contributed by atoms with Gasteiger partial charge in [0, 0.05) is 12.1 Å². The number of amides is 1. The molecule has 1 aromatic heterocycles. The Balaban J connectivity index is 1.89. The standard InChI is InChI=1S/C13H19N3O/c1-10(12-4-2-3-7-15-12)16-13(17)11-5-8-14-9-6-11/h2-4,7,10-11,14H,5-6,8-9H2,1H3,(H,16,17)/t10-/m0/s1. The average Bonchev–Trinajstić information content (AvgIpc) is 2.40. The molecule has 1 fully saturated rings. The van der Waals surface area contributed by atoms with Crippen molar-refractivity contribution in [3.8, 4) is 0 Å². The molecule has 0 radical (unpaired) electrons. The highest BCUT2D eigenvalue weighted by Gasteiger charge is 2.22. The first-order chi connectivity index (χ1) is 8.27. The van der Waals surface area contributed by atoms with Crippen LogP contribution < -0.4 is 10.6 Å². The first kappa shape index (κ1) is 12.0. The van der Waals surface area contributed by atoms with E-state index in [2.05, 4.69) is 15.6 Å². The molecule has 1 atom stereocenters. The molecule has 4 heteroatoms. The zero-order valence-corrected chi connectivity index (χ0v) is 10.1. The molecular formula is C13H19N3O. The second-order valence-electron chi connectivity index (χ2n) is 4.51. The molecule has 92 valence electrons. The normalized spacial score (nSPS) is 18.6. The number of pyridine rings is 1. The molecule has 0 unspecified atom stereocenters. The van der Waals surface area contributed by atoms with E-state index in [1.807, 2.05) is 25.1 Å². The van der Waals surface area contributed by atoms with Crippen LogP contribution in [0.3, 0.4) is 0 Å². The minimum absolute atomic E-state index is 0.0152. The molecule has 1 amide bonds. The van der Waals surface area contributed by atoms with Crippen LogP contribution in [-0.4, -0.2) is 24.0 Å². The fourth-order valence-electron chi connectivity index (χ4n) is 2.12. The lowest BCUT2D eigenvalue weighted by atomic mass is 9.97. The van der Waals surface area contributed by atoms with Crippen LogP contribution in [0.4, 0.5) is 0 Å². The Hall–Kier alpha value is -1.42. The van der Waals surface area contributed by atoms with Crippen LogP contribution in [0.5, 0.6) is 0 Å². The van der Waals surface area contributed by atoms with Crippen LogP contribution in [-0.2, 0) is 4.79 Å². The predicted molar refractivity (Wildman–Crippen MR) is 66.4 cm³/mol. The summed E-state index contributed by atoms with van der Waals surface area (Å²) in [6.07, 6.45) is 3.62. The Bertz CT molecular complexity index is 360. The van der Waals surface area contributed by atoms with Gasteiger partial charge in [-0.1, -0.05) is 6.07 Å². The first-order valence-electron chi connectivity index (χ1n) is 6.19. The van der Waals surface area contributed by atoms with Gasteiger partial charge in [0.15, 0.2) is 0 Å². The summed E-state index contributed by atoms with van der Waals surface area (Å²) in [5, 5.41) is 6.30. The molecule has 1 aliphatic rings. The first-order valence-corrected chi connectivity index (χ1v) is 6.19. The number of nitrogens with one attached hydrogen (secondary N) is 2. The summed E-state index contributed by atoms with van der Waals surface area (Å²) in [5.41, 5.74) is 0.912. The van der Waals surface area contributed by atoms with E-state index in [-0.39, 0.29) is 17.9 Å². The lowest BCUT2D eigenvalue weighted by molar-refractivity contribution is -0.126. The Morgan fingerprint density at radius 1 is 1.47 bits per heavy atom. The van der Waals surface area contributed by atoms with Crippen LogP contribution in [0.2, 0.25) is 0 Å². The summed E-state index contributed by atoms with van der Waals surface area (Å²) in [4.78, 5) is 16.3. The molecule has 2 N–H and O–H groups in total. The molecule has 0 saturated carbocycles. The average molecular weight is 233 g/mol. The summed E-state index contributed by atoms with van der Waals surface area (Å²) >= 11 is 0. The van der Waals surface area contributed by atoms with Gasteiger partial charge in [-0.15, -0.1) is 0 Å². The van der Waals surface area contributed by atoms with Gasteiger partial charge in [-0.3, -0.25) is 9.78 Å². The van der Waals surface area contributed by atoms with Crippen molar-refractivity contribution in [2.45, 2.75) is 25.8 Å². The number of nitrogens with zero attached hydrogens (tertiary/aromatic N) is 1. The van der Waals surface area contributed by atoms with Gasteiger partial charge < -0.3 is 10.6 Å². The fourth-order valence-corrected chi connectivity index (χ4v) is 2.12. The Kier molecular flexibility index (Phi) is 4.09. The second kappa shape index (κ2) is 5.77. The summed E-state index contributed by atoms with van der Waals surface area (Å²) in [5.74, 6) is 0.312. The van der Waals surface area contributed by atoms with Gasteiger partial charge in [-0.25, -0.2) is 0 Å². The van der Waals surface area contributed by atoms with Crippen molar-refractivity contribution in [3.05, 3.63) is 30.1 Å². The highest BCUT2D eigenvalue weighted by molar-refractivity contribution is 5.79. The van der Waals surface area contributed by atoms with Crippen LogP contribution in [0.15, 0.2) is 24.4 Å². The van der Waals surface area contributed by atoms with Crippen molar-refractivity contribution in [2.24, 2.45) is 5.92 Å². The number of piperidine rings is 1. The van der Waals surface area contributed by atoms with Gasteiger partial charge in [0.2, 0.25) is 5.91 Å². The van der Waals surface area contributed by atoms with E-state index < -0.39 is 0 Å². The SMILES string of the molecule is C[C@H](NC(=O)C1CCNCC1)c1ccccn1. The Morgan fingerprint density at radius 2 is 2.24 bits per heavy atom. The molecule has 0 bridgehead atoms. The third kappa shape index (κ3) is 3.27. The molecule has 0 aromatic carbocycles. The lowest BCUT2D eigenvalue weighted by Crippen LogP contribution is -2.39. The smallest absolute Gasteiger partial charge is 0.223 e. The van der Waals surface area contributed by atoms with Crippen molar-refractivity contribution in [1.82, 2.24) is 15.6 Å². The predicted octanol–water partition coefficient (Wildman–Crippen LogP) is 1.26. The minimum Gasteiger partial charge on any atom is -0.348 e. The van der Waals surface area contributed by atoms with Gasteiger partial charge >= 0.3 is 0 Å². The Morgan fingerprint density at radius 3 is 2.88 bits per heavy atom. The molecule has 17 heavy (non-hydrogen) atoms. The van der Waals surface area contributed by atoms with Gasteiger partial charge in [0.05, 0.1) is 11.7 Å². The van der Waals surface area contributed by atoms with E-state index >= 15 is 0 Å². The second-order valence-corrected chi connectivity index (χ2v) is 4.51. The van der Waals surface area contributed by atoms with Gasteiger partial charge in [-0.2, -0.15) is 0 Å². The molecule has 1 aromatic rings. The zero-order chi connectivity index (χ0) is 12.1. The van der Waals surface area contributed by atoms with Crippen molar-refractivity contribution in [3.63, 3.8) is 0 Å². The van der Waals surface area contributed by atoms with Crippen molar-refractivity contribution >= 4 is 5.91 Å². The molecular weight excluding hydrogens is 214 g/mol. The molecule has 2 heterocycles. The van der Waals surface area contributed by atoms with Crippen LogP contribution in [0.25, 0.3) is 0 Å². The van der Waals surface area contributed by atoms with E-state index in [9.17, 15) is 4.79 Å². The quantitative estimate of drug-likeness (QED) is 0.826. The molecule has 1 saturated heterocycles. The monoisotopic (exact) mass is 233 g/mol. The molecule has 1 aliphatic heterocycles. The van der Waals surface area contributed by atoms with Crippen LogP contribution >= 0.6 is 0 Å². The van der Waals surface area contributed by atoms with E-state index in [1.54, 1.807) is 6.20 Å². The summed E-state index contributed by atoms with van der Waals surface area (Å²) in [6.45, 7) is 3.85. The summed E-state index contributed by atoms with van der Waals surface area (Å²) < 4.78 is 0. The molecule has 2 rings (SSSR count). The van der Waals surface area contributed by atoms with E-state index in [4.69, 9.17) is 0 Å². The Labute approximate surface area is 102 Å². The van der Waals surface area contributed by atoms with Crippen molar-refractivity contribution < 1.29 is 4.79 Å². The lowest BCUT2D eigenvalue weighted by Gasteiger charge is -2.23. The van der Waals surface area contributed by atoms with Crippen LogP contribution in [0.1, 0.15) is 31.5 Å². The number of carbonyl (C=O) groups excluding carboxylic acids is 1. The molecule has 0 spiro atoms. The number of hydrogen-bond donors (Lipinski definition) is 2. The van der Waals surface area contributed by atoms with Gasteiger partial charge in [0.1, 0.15) is 0 Å². The van der Waals surface area contributed by atoms with Crippen molar-refractivity contribution in [2.75, 3.05) is 13.1 Å². The number of carbonyl (C=O) groups is 1. The van der Waals surface area contributed by atoms with Crippen molar-refractivity contribution in [1.29, 1.82) is 0 Å². The molecule has 4 nitrogen and oxygen atoms in total. The largest absolute Gasteiger partial charge is 0.348 e. The minimum atomic E-state index is -0.0152. The number of aromatic nitrogens is 1. The highest BCUT2D eigenvalue weighted by atomic mass is 16.1. The molecule has 0 aliphatic carbocycles. The van der Waals surface area contributed by atoms with E-state index in [0.717, 1.165) is 31.6 Å². The topological polar surface area (TPSA) is 54.0 Å². The van der Waals surface area contributed by atoms with E-state index in [0.29, 0.717) is 0 Å². The summed E-state index contributed by atoms with van der Waals surface area (Å²) in [7, 11) is 0. The maximum atomic E-state index is 12.0. The summed E-state index contributed by atoms with van der Waals surface area (Å²) in [6, 6.07) is 5.74. The third-order valence-corrected chi connectivity index (χ3v) is 3.20. The van der Waals surface area contributed by atoms with Gasteiger partial charge in [-0.05, 0) is 45.0 Å². The highest BCUT2D eigenvalue weighted by Crippen LogP contribution is 2.14. The van der Waals surface area contributed by atoms with Gasteiger partial charge in [0.25, 0.3) is 0 Å². The van der Waals surface area contributed by atoms with E-state index in [1.165, 1.54) is 0 Å². The number of hydrogen-bond acceptors (Lipinski definition) is 3.